The molecule has 13 heavy (non-hydrogen) atoms. The van der Waals surface area contributed by atoms with E-state index in [0.29, 0.717) is 0 Å². The minimum absolute atomic E-state index is 0.0479. The fraction of sp³-hybridized carbons (Fsp3) is 0.556. The Kier molecular flexibility index (Phi) is 3.04. The minimum Gasteiger partial charge on any atom is -0.319 e. The van der Waals surface area contributed by atoms with E-state index in [4.69, 9.17) is 6.42 Å². The highest BCUT2D eigenvalue weighted by Crippen LogP contribution is 2.07. The van der Waals surface area contributed by atoms with Crippen LogP contribution in [-0.4, -0.2) is 20.8 Å². The molecule has 4 heteroatoms. The molecular weight excluding hydrogens is 164 g/mol. The van der Waals surface area contributed by atoms with E-state index in [0.717, 1.165) is 5.82 Å². The molecule has 0 fully saturated rings. The van der Waals surface area contributed by atoms with Gasteiger partial charge in [0.1, 0.15) is 12.2 Å². The molecule has 2 atom stereocenters. The van der Waals surface area contributed by atoms with Crippen molar-refractivity contribution in [2.75, 3.05) is 0 Å². The molecule has 0 amide bonds. The number of aromatic nitrogens is 3. The zero-order chi connectivity index (χ0) is 9.84. The third-order valence-corrected chi connectivity index (χ3v) is 1.88. The van der Waals surface area contributed by atoms with Gasteiger partial charge >= 0.3 is 0 Å². The smallest absolute Gasteiger partial charge is 0.149 e. The van der Waals surface area contributed by atoms with Crippen molar-refractivity contribution in [3.8, 4) is 12.3 Å². The maximum atomic E-state index is 5.26. The highest BCUT2D eigenvalue weighted by molar-refractivity contribution is 5.00. The minimum atomic E-state index is 0.0479. The first-order valence-electron chi connectivity index (χ1n) is 4.21. The number of hydrogen-bond acceptors (Lipinski definition) is 3. The Morgan fingerprint density at radius 1 is 1.62 bits per heavy atom. The number of nitrogens with zero attached hydrogens (tertiary/aromatic N) is 3. The summed E-state index contributed by atoms with van der Waals surface area (Å²) in [5, 5.41) is 11.0. The standard InChI is InChI=1S/C9H14N4/c1-5-7(2)11-8(3)9-12-10-6-13(9)4/h1,6-8,11H,2-4H3. The van der Waals surface area contributed by atoms with Crippen LogP contribution >= 0.6 is 0 Å². The van der Waals surface area contributed by atoms with Gasteiger partial charge in [0.25, 0.3) is 0 Å². The van der Waals surface area contributed by atoms with E-state index in [-0.39, 0.29) is 12.1 Å². The van der Waals surface area contributed by atoms with Crippen LogP contribution in [0.15, 0.2) is 6.33 Å². The maximum absolute atomic E-state index is 5.26. The highest BCUT2D eigenvalue weighted by atomic mass is 15.3. The van der Waals surface area contributed by atoms with Gasteiger partial charge in [-0.05, 0) is 13.8 Å². The van der Waals surface area contributed by atoms with Gasteiger partial charge in [-0.1, -0.05) is 5.92 Å². The molecular formula is C9H14N4. The van der Waals surface area contributed by atoms with Crippen LogP contribution in [0.4, 0.5) is 0 Å². The van der Waals surface area contributed by atoms with Crippen LogP contribution in [0, 0.1) is 12.3 Å². The summed E-state index contributed by atoms with van der Waals surface area (Å²) in [6, 6.07) is 0.172. The molecule has 0 saturated heterocycles. The Hall–Kier alpha value is -1.34. The van der Waals surface area contributed by atoms with Gasteiger partial charge in [0.2, 0.25) is 0 Å². The second-order valence-corrected chi connectivity index (χ2v) is 3.08. The van der Waals surface area contributed by atoms with Crippen LogP contribution in [0.1, 0.15) is 25.7 Å². The van der Waals surface area contributed by atoms with Gasteiger partial charge in [0.15, 0.2) is 0 Å². The first-order chi connectivity index (χ1) is 6.15. The van der Waals surface area contributed by atoms with E-state index in [1.807, 2.05) is 25.5 Å². The molecule has 0 aliphatic heterocycles. The van der Waals surface area contributed by atoms with Crippen molar-refractivity contribution in [2.45, 2.75) is 25.9 Å². The lowest BCUT2D eigenvalue weighted by atomic mass is 10.2. The summed E-state index contributed by atoms with van der Waals surface area (Å²) >= 11 is 0. The number of rotatable bonds is 3. The van der Waals surface area contributed by atoms with E-state index in [9.17, 15) is 0 Å². The molecule has 1 heterocycles. The number of hydrogen-bond donors (Lipinski definition) is 1. The molecule has 0 aliphatic rings. The predicted octanol–water partition coefficient (Wildman–Crippen LogP) is 0.487. The molecule has 0 bridgehead atoms. The van der Waals surface area contributed by atoms with Gasteiger partial charge in [-0.25, -0.2) is 0 Å². The fourth-order valence-corrected chi connectivity index (χ4v) is 1.18. The quantitative estimate of drug-likeness (QED) is 0.685. The first-order valence-corrected chi connectivity index (χ1v) is 4.21. The third kappa shape index (κ3) is 2.30. The van der Waals surface area contributed by atoms with Crippen molar-refractivity contribution in [1.29, 1.82) is 0 Å². The van der Waals surface area contributed by atoms with Crippen molar-refractivity contribution >= 4 is 0 Å². The molecule has 1 aromatic rings. The van der Waals surface area contributed by atoms with Crippen molar-refractivity contribution in [2.24, 2.45) is 7.05 Å². The molecule has 2 unspecified atom stereocenters. The van der Waals surface area contributed by atoms with E-state index >= 15 is 0 Å². The number of aryl methyl sites for hydroxylation is 1. The normalized spacial score (nSPS) is 14.9. The van der Waals surface area contributed by atoms with E-state index < -0.39 is 0 Å². The summed E-state index contributed by atoms with van der Waals surface area (Å²) in [4.78, 5) is 0. The van der Waals surface area contributed by atoms with Crippen LogP contribution in [0.5, 0.6) is 0 Å². The summed E-state index contributed by atoms with van der Waals surface area (Å²) in [7, 11) is 1.91. The molecule has 0 radical (unpaired) electrons. The monoisotopic (exact) mass is 178 g/mol. The fourth-order valence-electron chi connectivity index (χ4n) is 1.18. The summed E-state index contributed by atoms with van der Waals surface area (Å²) in [5.74, 6) is 3.50. The second kappa shape index (κ2) is 4.06. The van der Waals surface area contributed by atoms with Crippen LogP contribution in [0.25, 0.3) is 0 Å². The van der Waals surface area contributed by atoms with Crippen molar-refractivity contribution < 1.29 is 0 Å². The average molecular weight is 178 g/mol. The van der Waals surface area contributed by atoms with Gasteiger partial charge in [0.05, 0.1) is 12.1 Å². The Balaban J connectivity index is 2.65. The zero-order valence-electron chi connectivity index (χ0n) is 8.15. The Bertz CT molecular complexity index is 310. The predicted molar refractivity (Wildman–Crippen MR) is 50.8 cm³/mol. The molecule has 4 nitrogen and oxygen atoms in total. The van der Waals surface area contributed by atoms with Gasteiger partial charge in [-0.3, -0.25) is 5.32 Å². The molecule has 0 aromatic carbocycles. The van der Waals surface area contributed by atoms with Crippen LogP contribution < -0.4 is 5.32 Å². The molecule has 1 rings (SSSR count). The Labute approximate surface area is 78.4 Å². The van der Waals surface area contributed by atoms with Gasteiger partial charge in [-0.2, -0.15) is 0 Å². The second-order valence-electron chi connectivity index (χ2n) is 3.08. The van der Waals surface area contributed by atoms with E-state index in [1.54, 1.807) is 6.33 Å². The molecule has 1 aromatic heterocycles. The summed E-state index contributed by atoms with van der Waals surface area (Å²) in [6.07, 6.45) is 6.93. The van der Waals surface area contributed by atoms with Gasteiger partial charge in [-0.15, -0.1) is 16.6 Å². The topological polar surface area (TPSA) is 42.7 Å². The first kappa shape index (κ1) is 9.75. The molecule has 1 N–H and O–H groups in total. The van der Waals surface area contributed by atoms with Gasteiger partial charge in [0, 0.05) is 7.05 Å². The molecule has 0 spiro atoms. The Morgan fingerprint density at radius 2 is 2.31 bits per heavy atom. The lowest BCUT2D eigenvalue weighted by molar-refractivity contribution is 0.507. The lowest BCUT2D eigenvalue weighted by Crippen LogP contribution is -2.29. The van der Waals surface area contributed by atoms with E-state index in [2.05, 4.69) is 21.4 Å². The third-order valence-electron chi connectivity index (χ3n) is 1.88. The Morgan fingerprint density at radius 3 is 2.77 bits per heavy atom. The van der Waals surface area contributed by atoms with E-state index in [1.165, 1.54) is 0 Å². The SMILES string of the molecule is C#CC(C)NC(C)c1nncn1C. The van der Waals surface area contributed by atoms with Crippen LogP contribution in [-0.2, 0) is 7.05 Å². The van der Waals surface area contributed by atoms with Crippen molar-refractivity contribution in [3.05, 3.63) is 12.2 Å². The molecule has 0 saturated carbocycles. The molecule has 0 aliphatic carbocycles. The average Bonchev–Trinajstić information content (AvgIpc) is 2.51. The number of nitrogens with one attached hydrogen (secondary N) is 1. The zero-order valence-corrected chi connectivity index (χ0v) is 8.15. The van der Waals surface area contributed by atoms with Crippen molar-refractivity contribution in [3.63, 3.8) is 0 Å². The largest absolute Gasteiger partial charge is 0.319 e. The highest BCUT2D eigenvalue weighted by Gasteiger charge is 2.11. The molecule has 70 valence electrons. The summed E-state index contributed by atoms with van der Waals surface area (Å²) in [5.41, 5.74) is 0. The maximum Gasteiger partial charge on any atom is 0.149 e. The van der Waals surface area contributed by atoms with Crippen LogP contribution in [0.2, 0.25) is 0 Å². The summed E-state index contributed by atoms with van der Waals surface area (Å²) in [6.45, 7) is 3.95. The van der Waals surface area contributed by atoms with Gasteiger partial charge < -0.3 is 4.57 Å². The van der Waals surface area contributed by atoms with Crippen LogP contribution in [0.3, 0.4) is 0 Å². The summed E-state index contributed by atoms with van der Waals surface area (Å²) < 4.78 is 1.88. The number of terminal acetylenes is 1. The lowest BCUT2D eigenvalue weighted by Gasteiger charge is -2.14. The van der Waals surface area contributed by atoms with Crippen molar-refractivity contribution in [1.82, 2.24) is 20.1 Å².